The van der Waals surface area contributed by atoms with E-state index in [2.05, 4.69) is 33.9 Å². The number of halogens is 2. The Bertz CT molecular complexity index is 385. The minimum Gasteiger partial charge on any atom is -0.543 e. The zero-order chi connectivity index (χ0) is 12.6. The first-order valence-electron chi connectivity index (χ1n) is 5.28. The summed E-state index contributed by atoms with van der Waals surface area (Å²) < 4.78 is 20.0. The molecule has 0 saturated heterocycles. The minimum absolute atomic E-state index is 0.127. The van der Waals surface area contributed by atoms with Gasteiger partial charge in [0.25, 0.3) is 8.32 Å². The fourth-order valence-corrected chi connectivity index (χ4v) is 2.69. The monoisotopic (exact) mass is 352 g/mol. The fraction of sp³-hybridized carbons (Fsp3) is 0.500. The highest BCUT2D eigenvalue weighted by atomic mass is 127. The van der Waals surface area contributed by atoms with E-state index >= 15 is 0 Å². The summed E-state index contributed by atoms with van der Waals surface area (Å²) >= 11 is 2.00. The van der Waals surface area contributed by atoms with Crippen LogP contribution in [0.25, 0.3) is 0 Å². The molecule has 0 aliphatic carbocycles. The summed E-state index contributed by atoms with van der Waals surface area (Å²) in [5.41, 5.74) is 0. The normalized spacial score (nSPS) is 12.7. The lowest BCUT2D eigenvalue weighted by atomic mass is 10.2. The van der Waals surface area contributed by atoms with Gasteiger partial charge in [-0.2, -0.15) is 0 Å². The standard InChI is InChI=1S/C12H18FIOSi/c1-12(2,3)16(4,5)15-10-8-6-7-9(13)11(10)14/h6-8H,1-5H3. The van der Waals surface area contributed by atoms with E-state index in [0.29, 0.717) is 9.32 Å². The second kappa shape index (κ2) is 4.64. The third kappa shape index (κ3) is 2.97. The maximum atomic E-state index is 13.4. The fourth-order valence-electron chi connectivity index (χ4n) is 0.991. The number of benzene rings is 1. The molecule has 0 unspecified atom stereocenters. The van der Waals surface area contributed by atoms with E-state index in [1.165, 1.54) is 6.07 Å². The molecular formula is C12H18FIOSi. The van der Waals surface area contributed by atoms with Gasteiger partial charge < -0.3 is 4.43 Å². The summed E-state index contributed by atoms with van der Waals surface area (Å²) in [4.78, 5) is 0. The molecule has 1 nitrogen and oxygen atoms in total. The molecule has 4 heteroatoms. The van der Waals surface area contributed by atoms with E-state index in [1.807, 2.05) is 28.7 Å². The van der Waals surface area contributed by atoms with Crippen molar-refractivity contribution in [3.05, 3.63) is 27.6 Å². The molecule has 0 aliphatic heterocycles. The first-order chi connectivity index (χ1) is 7.15. The van der Waals surface area contributed by atoms with Gasteiger partial charge in [0, 0.05) is 0 Å². The SMILES string of the molecule is CC(C)(C)[Si](C)(C)Oc1cccc(F)c1I. The summed E-state index contributed by atoms with van der Waals surface area (Å²) in [6.07, 6.45) is 0. The van der Waals surface area contributed by atoms with Gasteiger partial charge in [-0.05, 0) is 52.9 Å². The highest BCUT2D eigenvalue weighted by Gasteiger charge is 2.39. The molecule has 90 valence electrons. The average molecular weight is 352 g/mol. The lowest BCUT2D eigenvalue weighted by Crippen LogP contribution is -2.44. The van der Waals surface area contributed by atoms with Crippen molar-refractivity contribution in [3.8, 4) is 5.75 Å². The van der Waals surface area contributed by atoms with E-state index in [1.54, 1.807) is 6.07 Å². The van der Waals surface area contributed by atoms with E-state index in [-0.39, 0.29) is 10.9 Å². The largest absolute Gasteiger partial charge is 0.543 e. The highest BCUT2D eigenvalue weighted by molar-refractivity contribution is 14.1. The molecule has 0 N–H and O–H groups in total. The Kier molecular flexibility index (Phi) is 4.05. The molecular weight excluding hydrogens is 334 g/mol. The van der Waals surface area contributed by atoms with Crippen molar-refractivity contribution in [2.24, 2.45) is 0 Å². The first-order valence-corrected chi connectivity index (χ1v) is 9.27. The van der Waals surface area contributed by atoms with Gasteiger partial charge >= 0.3 is 0 Å². The Hall–Kier alpha value is -0.103. The molecule has 1 aromatic rings. The molecule has 0 aliphatic rings. The smallest absolute Gasteiger partial charge is 0.250 e. The third-order valence-corrected chi connectivity index (χ3v) is 8.48. The van der Waals surface area contributed by atoms with Crippen LogP contribution in [0, 0.1) is 9.39 Å². The molecule has 0 heterocycles. The van der Waals surface area contributed by atoms with Gasteiger partial charge in [0.1, 0.15) is 11.6 Å². The van der Waals surface area contributed by atoms with Crippen LogP contribution in [-0.4, -0.2) is 8.32 Å². The van der Waals surface area contributed by atoms with Crippen molar-refractivity contribution in [2.75, 3.05) is 0 Å². The Labute approximate surface area is 112 Å². The second-order valence-corrected chi connectivity index (χ2v) is 11.2. The van der Waals surface area contributed by atoms with E-state index in [9.17, 15) is 4.39 Å². The van der Waals surface area contributed by atoms with Gasteiger partial charge in [0.2, 0.25) is 0 Å². The highest BCUT2D eigenvalue weighted by Crippen LogP contribution is 2.38. The van der Waals surface area contributed by atoms with Crippen LogP contribution in [-0.2, 0) is 0 Å². The van der Waals surface area contributed by atoms with Crippen LogP contribution in [0.3, 0.4) is 0 Å². The van der Waals surface area contributed by atoms with Crippen LogP contribution in [0.4, 0.5) is 4.39 Å². The number of hydrogen-bond acceptors (Lipinski definition) is 1. The molecule has 1 rings (SSSR count). The van der Waals surface area contributed by atoms with Crippen LogP contribution in [0.15, 0.2) is 18.2 Å². The van der Waals surface area contributed by atoms with E-state index in [4.69, 9.17) is 4.43 Å². The van der Waals surface area contributed by atoms with Crippen molar-refractivity contribution in [1.29, 1.82) is 0 Å². The molecule has 0 spiro atoms. The van der Waals surface area contributed by atoms with Gasteiger partial charge in [-0.15, -0.1) is 0 Å². The Balaban J connectivity index is 3.02. The molecule has 0 amide bonds. The van der Waals surface area contributed by atoms with Gasteiger partial charge in [-0.25, -0.2) is 4.39 Å². The summed E-state index contributed by atoms with van der Waals surface area (Å²) in [6, 6.07) is 4.99. The molecule has 1 aromatic carbocycles. The Morgan fingerprint density at radius 2 is 1.81 bits per heavy atom. The molecule has 16 heavy (non-hydrogen) atoms. The number of rotatable bonds is 2. The van der Waals surface area contributed by atoms with Gasteiger partial charge in [-0.1, -0.05) is 26.8 Å². The maximum absolute atomic E-state index is 13.4. The zero-order valence-electron chi connectivity index (χ0n) is 10.4. The quantitative estimate of drug-likeness (QED) is 0.548. The molecule has 0 atom stereocenters. The van der Waals surface area contributed by atoms with Crippen molar-refractivity contribution in [3.63, 3.8) is 0 Å². The maximum Gasteiger partial charge on any atom is 0.250 e. The summed E-state index contributed by atoms with van der Waals surface area (Å²) in [5, 5.41) is 0.127. The van der Waals surface area contributed by atoms with Gasteiger partial charge in [0.15, 0.2) is 0 Å². The topological polar surface area (TPSA) is 9.23 Å². The predicted molar refractivity (Wildman–Crippen MR) is 76.9 cm³/mol. The molecule has 0 radical (unpaired) electrons. The zero-order valence-corrected chi connectivity index (χ0v) is 13.6. The summed E-state index contributed by atoms with van der Waals surface area (Å²) in [7, 11) is -1.87. The minimum atomic E-state index is -1.87. The van der Waals surface area contributed by atoms with E-state index in [0.717, 1.165) is 0 Å². The third-order valence-electron chi connectivity index (χ3n) is 3.09. The lowest BCUT2D eigenvalue weighted by molar-refractivity contribution is 0.483. The van der Waals surface area contributed by atoms with Crippen molar-refractivity contribution in [1.82, 2.24) is 0 Å². The second-order valence-electron chi connectivity index (χ2n) is 5.41. The Morgan fingerprint density at radius 1 is 1.25 bits per heavy atom. The van der Waals surface area contributed by atoms with Crippen LogP contribution in [0.5, 0.6) is 5.75 Å². The average Bonchev–Trinajstić information content (AvgIpc) is 2.11. The van der Waals surface area contributed by atoms with Crippen molar-refractivity contribution < 1.29 is 8.82 Å². The van der Waals surface area contributed by atoms with Gasteiger partial charge in [-0.3, -0.25) is 0 Å². The molecule has 0 saturated carbocycles. The van der Waals surface area contributed by atoms with Crippen LogP contribution >= 0.6 is 22.6 Å². The van der Waals surface area contributed by atoms with Crippen molar-refractivity contribution in [2.45, 2.75) is 38.9 Å². The molecule has 0 fully saturated rings. The van der Waals surface area contributed by atoms with Crippen LogP contribution in [0.2, 0.25) is 18.1 Å². The summed E-state index contributed by atoms with van der Waals surface area (Å²) in [5.74, 6) is 0.462. The molecule has 0 bridgehead atoms. The lowest BCUT2D eigenvalue weighted by Gasteiger charge is -2.36. The first kappa shape index (κ1) is 14.0. The van der Waals surface area contributed by atoms with Crippen molar-refractivity contribution >= 4 is 30.9 Å². The van der Waals surface area contributed by atoms with Crippen LogP contribution < -0.4 is 4.43 Å². The molecule has 0 aromatic heterocycles. The van der Waals surface area contributed by atoms with Gasteiger partial charge in [0.05, 0.1) is 3.57 Å². The summed E-state index contributed by atoms with van der Waals surface area (Å²) in [6.45, 7) is 10.8. The Morgan fingerprint density at radius 3 is 2.31 bits per heavy atom. The number of hydrogen-bond donors (Lipinski definition) is 0. The predicted octanol–water partition coefficient (Wildman–Crippen LogP) is 4.81. The van der Waals surface area contributed by atoms with Crippen LogP contribution in [0.1, 0.15) is 20.8 Å². The van der Waals surface area contributed by atoms with E-state index < -0.39 is 8.32 Å².